The average Bonchev–Trinajstić information content (AvgIpc) is 2.28. The average molecular weight is 260 g/mol. The quantitative estimate of drug-likeness (QED) is 0.468. The van der Waals surface area contributed by atoms with E-state index in [1.807, 2.05) is 0 Å². The second-order valence-electron chi connectivity index (χ2n) is 4.46. The summed E-state index contributed by atoms with van der Waals surface area (Å²) in [4.78, 5) is 22.2. The molecular weight excluding hydrogens is 240 g/mol. The van der Waals surface area contributed by atoms with Crippen molar-refractivity contribution in [3.05, 3.63) is 0 Å². The van der Waals surface area contributed by atoms with Crippen molar-refractivity contribution in [3.8, 4) is 0 Å². The van der Waals surface area contributed by atoms with Gasteiger partial charge in [-0.3, -0.25) is 9.59 Å². The fourth-order valence-corrected chi connectivity index (χ4v) is 2.13. The van der Waals surface area contributed by atoms with Crippen molar-refractivity contribution >= 4 is 11.8 Å². The number of ether oxygens (including phenoxy) is 1. The minimum atomic E-state index is -0.950. The molecule has 7 nitrogen and oxygen atoms in total. The van der Waals surface area contributed by atoms with Crippen LogP contribution in [0.15, 0.2) is 0 Å². The van der Waals surface area contributed by atoms with Gasteiger partial charge in [-0.05, 0) is 19.3 Å². The van der Waals surface area contributed by atoms with Crippen molar-refractivity contribution in [2.45, 2.75) is 50.5 Å². The van der Waals surface area contributed by atoms with E-state index in [1.54, 1.807) is 0 Å². The minimum absolute atomic E-state index is 0.117. The van der Waals surface area contributed by atoms with Crippen LogP contribution in [0.25, 0.3) is 0 Å². The van der Waals surface area contributed by atoms with Crippen LogP contribution in [-0.2, 0) is 14.3 Å². The first-order valence-electron chi connectivity index (χ1n) is 5.96. The van der Waals surface area contributed by atoms with Gasteiger partial charge in [0.05, 0.1) is 12.1 Å². The molecule has 0 bridgehead atoms. The molecule has 0 aromatic heterocycles. The summed E-state index contributed by atoms with van der Waals surface area (Å²) >= 11 is 0. The Kier molecular flexibility index (Phi) is 5.52. The molecule has 1 rings (SSSR count). The van der Waals surface area contributed by atoms with Crippen molar-refractivity contribution in [1.29, 1.82) is 0 Å². The van der Waals surface area contributed by atoms with Gasteiger partial charge >= 0.3 is 0 Å². The number of aliphatic hydroxyl groups is 2. The first-order valence-corrected chi connectivity index (χ1v) is 5.96. The number of hydrogen-bond acceptors (Lipinski definition) is 5. The van der Waals surface area contributed by atoms with E-state index in [2.05, 4.69) is 5.32 Å². The Morgan fingerprint density at radius 2 is 2.17 bits per heavy atom. The van der Waals surface area contributed by atoms with E-state index in [4.69, 9.17) is 15.6 Å². The lowest BCUT2D eigenvalue weighted by Gasteiger charge is -2.38. The first-order chi connectivity index (χ1) is 8.45. The molecule has 0 radical (unpaired) electrons. The molecule has 104 valence electrons. The summed E-state index contributed by atoms with van der Waals surface area (Å²) in [5, 5.41) is 21.4. The third-order valence-electron chi connectivity index (χ3n) is 2.97. The third kappa shape index (κ3) is 3.94. The highest BCUT2D eigenvalue weighted by atomic mass is 16.5. The van der Waals surface area contributed by atoms with Crippen molar-refractivity contribution in [2.24, 2.45) is 5.73 Å². The highest BCUT2D eigenvalue weighted by molar-refractivity contribution is 5.79. The monoisotopic (exact) mass is 260 g/mol. The van der Waals surface area contributed by atoms with Crippen LogP contribution in [0.1, 0.15) is 26.2 Å². The van der Waals surface area contributed by atoms with Crippen LogP contribution in [0.3, 0.4) is 0 Å². The summed E-state index contributed by atoms with van der Waals surface area (Å²) in [6.07, 6.45) is -1.41. The van der Waals surface area contributed by atoms with Gasteiger partial charge in [0.2, 0.25) is 11.8 Å². The number of primary amides is 1. The molecule has 4 atom stereocenters. The van der Waals surface area contributed by atoms with E-state index in [9.17, 15) is 14.7 Å². The summed E-state index contributed by atoms with van der Waals surface area (Å²) in [5.41, 5.74) is 5.17. The molecule has 0 aromatic rings. The number of nitrogens with one attached hydrogen (secondary N) is 1. The zero-order chi connectivity index (χ0) is 13.7. The van der Waals surface area contributed by atoms with Crippen LogP contribution < -0.4 is 11.1 Å². The molecule has 1 aliphatic rings. The van der Waals surface area contributed by atoms with Crippen LogP contribution >= 0.6 is 0 Å². The number of nitrogens with two attached hydrogens (primary N) is 1. The number of rotatable bonds is 5. The number of carbonyl (C=O) groups excluding carboxylic acids is 2. The van der Waals surface area contributed by atoms with Gasteiger partial charge in [-0.15, -0.1) is 0 Å². The number of aliphatic hydroxyl groups excluding tert-OH is 2. The SMILES string of the molecule is CC(=O)N[C@@H]1CC[C@H](C(N)=O)O[C@H]1[C@H](O)CCO. The summed E-state index contributed by atoms with van der Waals surface area (Å²) in [5.74, 6) is -0.820. The molecule has 1 fully saturated rings. The van der Waals surface area contributed by atoms with Crippen LogP contribution in [0.2, 0.25) is 0 Å². The zero-order valence-electron chi connectivity index (χ0n) is 10.3. The fraction of sp³-hybridized carbons (Fsp3) is 0.818. The number of hydrogen-bond donors (Lipinski definition) is 4. The molecule has 1 aliphatic heterocycles. The fourth-order valence-electron chi connectivity index (χ4n) is 2.13. The normalized spacial score (nSPS) is 29.6. The molecule has 5 N–H and O–H groups in total. The Hall–Kier alpha value is -1.18. The number of carbonyl (C=O) groups is 2. The Labute approximate surface area is 105 Å². The van der Waals surface area contributed by atoms with E-state index in [1.165, 1.54) is 6.92 Å². The lowest BCUT2D eigenvalue weighted by molar-refractivity contribution is -0.154. The minimum Gasteiger partial charge on any atom is -0.396 e. The van der Waals surface area contributed by atoms with Gasteiger partial charge < -0.3 is 26.0 Å². The molecule has 0 spiro atoms. The molecular formula is C11H20N2O5. The maximum Gasteiger partial charge on any atom is 0.246 e. The largest absolute Gasteiger partial charge is 0.396 e. The van der Waals surface area contributed by atoms with Gasteiger partial charge in [-0.1, -0.05) is 0 Å². The van der Waals surface area contributed by atoms with Gasteiger partial charge in [0.15, 0.2) is 0 Å². The number of amides is 2. The van der Waals surface area contributed by atoms with Gasteiger partial charge in [0.1, 0.15) is 12.2 Å². The molecule has 7 heteroatoms. The third-order valence-corrected chi connectivity index (χ3v) is 2.97. The maximum absolute atomic E-state index is 11.1. The summed E-state index contributed by atoms with van der Waals surface area (Å²) in [7, 11) is 0. The molecule has 0 saturated carbocycles. The molecule has 2 amide bonds. The van der Waals surface area contributed by atoms with Crippen molar-refractivity contribution < 1.29 is 24.5 Å². The maximum atomic E-state index is 11.1. The molecule has 1 heterocycles. The van der Waals surface area contributed by atoms with Crippen LogP contribution in [-0.4, -0.2) is 53.0 Å². The second kappa shape index (κ2) is 6.67. The lowest BCUT2D eigenvalue weighted by atomic mass is 9.93. The summed E-state index contributed by atoms with van der Waals surface area (Å²) in [6, 6.07) is -0.375. The van der Waals surface area contributed by atoms with Gasteiger partial charge in [0, 0.05) is 13.5 Å². The lowest BCUT2D eigenvalue weighted by Crippen LogP contribution is -2.55. The Bertz CT molecular complexity index is 310. The van der Waals surface area contributed by atoms with E-state index in [-0.39, 0.29) is 25.0 Å². The predicted molar refractivity (Wildman–Crippen MR) is 62.4 cm³/mol. The van der Waals surface area contributed by atoms with Gasteiger partial charge in [-0.2, -0.15) is 0 Å². The Morgan fingerprint density at radius 1 is 1.50 bits per heavy atom. The van der Waals surface area contributed by atoms with Crippen LogP contribution in [0.5, 0.6) is 0 Å². The summed E-state index contributed by atoms with van der Waals surface area (Å²) < 4.78 is 5.43. The molecule has 18 heavy (non-hydrogen) atoms. The van der Waals surface area contributed by atoms with Crippen molar-refractivity contribution in [3.63, 3.8) is 0 Å². The standard InChI is InChI=1S/C11H20N2O5/c1-6(15)13-7-2-3-9(11(12)17)18-10(7)8(16)4-5-14/h7-10,14,16H,2-5H2,1H3,(H2,12,17)(H,13,15)/t7-,8-,9-,10-/m1/s1. The molecule has 0 aromatic carbocycles. The van der Waals surface area contributed by atoms with E-state index in [0.717, 1.165) is 0 Å². The van der Waals surface area contributed by atoms with Gasteiger partial charge in [-0.25, -0.2) is 0 Å². The van der Waals surface area contributed by atoms with E-state index < -0.39 is 24.2 Å². The van der Waals surface area contributed by atoms with Crippen LogP contribution in [0, 0.1) is 0 Å². The predicted octanol–water partition coefficient (Wildman–Crippen LogP) is -1.73. The molecule has 0 unspecified atom stereocenters. The van der Waals surface area contributed by atoms with E-state index >= 15 is 0 Å². The second-order valence-corrected chi connectivity index (χ2v) is 4.46. The van der Waals surface area contributed by atoms with Gasteiger partial charge in [0.25, 0.3) is 0 Å². The summed E-state index contributed by atoms with van der Waals surface area (Å²) in [6.45, 7) is 1.17. The highest BCUT2D eigenvalue weighted by Crippen LogP contribution is 2.23. The highest BCUT2D eigenvalue weighted by Gasteiger charge is 2.38. The first kappa shape index (κ1) is 14.9. The zero-order valence-corrected chi connectivity index (χ0v) is 10.3. The topological polar surface area (TPSA) is 122 Å². The van der Waals surface area contributed by atoms with Crippen LogP contribution in [0.4, 0.5) is 0 Å². The Morgan fingerprint density at radius 3 is 2.67 bits per heavy atom. The van der Waals surface area contributed by atoms with E-state index in [0.29, 0.717) is 12.8 Å². The van der Waals surface area contributed by atoms with Crippen molar-refractivity contribution in [1.82, 2.24) is 5.32 Å². The van der Waals surface area contributed by atoms with Crippen molar-refractivity contribution in [2.75, 3.05) is 6.61 Å². The molecule has 0 aliphatic carbocycles. The Balaban J connectivity index is 2.72. The smallest absolute Gasteiger partial charge is 0.246 e. The molecule has 1 saturated heterocycles.